The van der Waals surface area contributed by atoms with Crippen molar-refractivity contribution in [1.29, 1.82) is 5.26 Å². The Morgan fingerprint density at radius 1 is 1.24 bits per heavy atom. The molecule has 0 aliphatic carbocycles. The molecule has 0 atom stereocenters. The molecule has 0 bridgehead atoms. The first-order valence-electron chi connectivity index (χ1n) is 6.64. The molecule has 2 aromatic rings. The zero-order valence-electron chi connectivity index (χ0n) is 11.8. The number of nitriles is 1. The standard InChI is InChI=1S/C16H16N4O/c1-12(21)18-7-8-19-16-14(10-17)9-15(11-20-16)13-5-3-2-4-6-13/h2-6,9,11H,7-8H2,1H3,(H,18,21)(H,19,20). The SMILES string of the molecule is CC(=O)NCCNc1ncc(-c2ccccc2)cc1C#N. The van der Waals surface area contributed by atoms with Gasteiger partial charge < -0.3 is 10.6 Å². The van der Waals surface area contributed by atoms with Gasteiger partial charge in [0, 0.05) is 31.8 Å². The summed E-state index contributed by atoms with van der Waals surface area (Å²) in [6, 6.07) is 13.7. The highest BCUT2D eigenvalue weighted by atomic mass is 16.1. The van der Waals surface area contributed by atoms with Crippen molar-refractivity contribution in [3.8, 4) is 17.2 Å². The van der Waals surface area contributed by atoms with Crippen molar-refractivity contribution in [2.75, 3.05) is 18.4 Å². The van der Waals surface area contributed by atoms with Crippen LogP contribution in [-0.4, -0.2) is 24.0 Å². The Labute approximate surface area is 123 Å². The van der Waals surface area contributed by atoms with Gasteiger partial charge in [-0.2, -0.15) is 5.26 Å². The first-order valence-corrected chi connectivity index (χ1v) is 6.64. The molecular weight excluding hydrogens is 264 g/mol. The van der Waals surface area contributed by atoms with Crippen molar-refractivity contribution in [3.05, 3.63) is 48.2 Å². The van der Waals surface area contributed by atoms with Crippen LogP contribution < -0.4 is 10.6 Å². The molecule has 0 aliphatic rings. The Kier molecular flexibility index (Phi) is 4.89. The molecule has 0 saturated heterocycles. The van der Waals surface area contributed by atoms with Gasteiger partial charge in [0.05, 0.1) is 5.56 Å². The van der Waals surface area contributed by atoms with Crippen LogP contribution in [0.3, 0.4) is 0 Å². The molecule has 0 saturated carbocycles. The van der Waals surface area contributed by atoms with Crippen LogP contribution in [0.2, 0.25) is 0 Å². The average Bonchev–Trinajstić information content (AvgIpc) is 2.52. The number of hydrogen-bond donors (Lipinski definition) is 2. The number of carbonyl (C=O) groups is 1. The van der Waals surface area contributed by atoms with E-state index in [2.05, 4.69) is 21.7 Å². The van der Waals surface area contributed by atoms with Crippen LogP contribution in [0.1, 0.15) is 12.5 Å². The zero-order valence-corrected chi connectivity index (χ0v) is 11.8. The van der Waals surface area contributed by atoms with Gasteiger partial charge in [-0.1, -0.05) is 30.3 Å². The zero-order chi connectivity index (χ0) is 15.1. The number of aromatic nitrogens is 1. The Hall–Kier alpha value is -2.87. The fourth-order valence-corrected chi connectivity index (χ4v) is 1.90. The molecule has 0 aliphatic heterocycles. The lowest BCUT2D eigenvalue weighted by molar-refractivity contribution is -0.118. The van der Waals surface area contributed by atoms with Crippen molar-refractivity contribution in [2.45, 2.75) is 6.92 Å². The molecule has 0 radical (unpaired) electrons. The van der Waals surface area contributed by atoms with E-state index in [9.17, 15) is 10.1 Å². The summed E-state index contributed by atoms with van der Waals surface area (Å²) < 4.78 is 0. The molecule has 1 aromatic heterocycles. The van der Waals surface area contributed by atoms with Gasteiger partial charge in [-0.25, -0.2) is 4.98 Å². The number of nitrogens with zero attached hydrogens (tertiary/aromatic N) is 2. The Morgan fingerprint density at radius 2 is 2.00 bits per heavy atom. The second-order valence-electron chi connectivity index (χ2n) is 4.51. The first kappa shape index (κ1) is 14.5. The lowest BCUT2D eigenvalue weighted by Gasteiger charge is -2.09. The number of rotatable bonds is 5. The van der Waals surface area contributed by atoms with E-state index < -0.39 is 0 Å². The summed E-state index contributed by atoms with van der Waals surface area (Å²) in [6.07, 6.45) is 1.73. The third-order valence-electron chi connectivity index (χ3n) is 2.91. The maximum absolute atomic E-state index is 10.8. The molecule has 1 heterocycles. The van der Waals surface area contributed by atoms with Gasteiger partial charge in [0.1, 0.15) is 11.9 Å². The summed E-state index contributed by atoms with van der Waals surface area (Å²) in [7, 11) is 0. The predicted molar refractivity (Wildman–Crippen MR) is 81.6 cm³/mol. The molecule has 0 fully saturated rings. The fraction of sp³-hybridized carbons (Fsp3) is 0.188. The lowest BCUT2D eigenvalue weighted by Crippen LogP contribution is -2.26. The Bertz CT molecular complexity index is 662. The second kappa shape index (κ2) is 7.06. The highest BCUT2D eigenvalue weighted by Crippen LogP contribution is 2.22. The largest absolute Gasteiger partial charge is 0.367 e. The first-order chi connectivity index (χ1) is 10.2. The van der Waals surface area contributed by atoms with Gasteiger partial charge in [-0.3, -0.25) is 4.79 Å². The smallest absolute Gasteiger partial charge is 0.216 e. The lowest BCUT2D eigenvalue weighted by atomic mass is 10.1. The molecule has 2 N–H and O–H groups in total. The average molecular weight is 280 g/mol. The molecular formula is C16H16N4O. The van der Waals surface area contributed by atoms with Crippen molar-refractivity contribution < 1.29 is 4.79 Å². The van der Waals surface area contributed by atoms with Gasteiger partial charge in [0.2, 0.25) is 5.91 Å². The highest BCUT2D eigenvalue weighted by molar-refractivity contribution is 5.72. The van der Waals surface area contributed by atoms with Crippen LogP contribution in [0.25, 0.3) is 11.1 Å². The third kappa shape index (κ3) is 4.05. The van der Waals surface area contributed by atoms with Gasteiger partial charge >= 0.3 is 0 Å². The van der Waals surface area contributed by atoms with E-state index in [4.69, 9.17) is 0 Å². The number of amides is 1. The number of nitrogens with one attached hydrogen (secondary N) is 2. The van der Waals surface area contributed by atoms with Crippen molar-refractivity contribution >= 4 is 11.7 Å². The second-order valence-corrected chi connectivity index (χ2v) is 4.51. The maximum Gasteiger partial charge on any atom is 0.216 e. The minimum Gasteiger partial charge on any atom is -0.367 e. The number of pyridine rings is 1. The molecule has 5 heteroatoms. The minimum atomic E-state index is -0.0790. The molecule has 5 nitrogen and oxygen atoms in total. The fourth-order valence-electron chi connectivity index (χ4n) is 1.90. The maximum atomic E-state index is 10.8. The summed E-state index contributed by atoms with van der Waals surface area (Å²) >= 11 is 0. The number of carbonyl (C=O) groups excluding carboxylic acids is 1. The monoisotopic (exact) mass is 280 g/mol. The molecule has 0 unspecified atom stereocenters. The molecule has 21 heavy (non-hydrogen) atoms. The third-order valence-corrected chi connectivity index (χ3v) is 2.91. The number of benzene rings is 1. The summed E-state index contributed by atoms with van der Waals surface area (Å²) in [5.41, 5.74) is 2.41. The molecule has 1 aromatic carbocycles. The summed E-state index contributed by atoms with van der Waals surface area (Å²) in [5, 5.41) is 15.0. The van der Waals surface area contributed by atoms with Crippen molar-refractivity contribution in [2.24, 2.45) is 0 Å². The van der Waals surface area contributed by atoms with E-state index in [1.807, 2.05) is 36.4 Å². The summed E-state index contributed by atoms with van der Waals surface area (Å²) in [5.74, 6) is 0.451. The van der Waals surface area contributed by atoms with Crippen LogP contribution in [-0.2, 0) is 4.79 Å². The molecule has 0 spiro atoms. The van der Waals surface area contributed by atoms with E-state index in [1.165, 1.54) is 6.92 Å². The van der Waals surface area contributed by atoms with Crippen LogP contribution in [0, 0.1) is 11.3 Å². The van der Waals surface area contributed by atoms with E-state index in [0.717, 1.165) is 11.1 Å². The molecule has 1 amide bonds. The minimum absolute atomic E-state index is 0.0790. The van der Waals surface area contributed by atoms with E-state index in [1.54, 1.807) is 6.20 Å². The highest BCUT2D eigenvalue weighted by Gasteiger charge is 2.06. The van der Waals surface area contributed by atoms with Crippen LogP contribution in [0.4, 0.5) is 5.82 Å². The molecule has 106 valence electrons. The van der Waals surface area contributed by atoms with Gasteiger partial charge in [0.25, 0.3) is 0 Å². The van der Waals surface area contributed by atoms with Crippen LogP contribution in [0.15, 0.2) is 42.6 Å². The Balaban J connectivity index is 2.10. The van der Waals surface area contributed by atoms with Crippen LogP contribution >= 0.6 is 0 Å². The predicted octanol–water partition coefficient (Wildman–Crippen LogP) is 2.17. The van der Waals surface area contributed by atoms with E-state index >= 15 is 0 Å². The van der Waals surface area contributed by atoms with Gasteiger partial charge in [-0.05, 0) is 11.6 Å². The normalized spacial score (nSPS) is 9.71. The van der Waals surface area contributed by atoms with Crippen molar-refractivity contribution in [1.82, 2.24) is 10.3 Å². The van der Waals surface area contributed by atoms with Crippen molar-refractivity contribution in [3.63, 3.8) is 0 Å². The van der Waals surface area contributed by atoms with Crippen LogP contribution in [0.5, 0.6) is 0 Å². The summed E-state index contributed by atoms with van der Waals surface area (Å²) in [6.45, 7) is 2.47. The quantitative estimate of drug-likeness (QED) is 0.823. The Morgan fingerprint density at radius 3 is 2.67 bits per heavy atom. The van der Waals surface area contributed by atoms with Gasteiger partial charge in [0.15, 0.2) is 0 Å². The number of hydrogen-bond acceptors (Lipinski definition) is 4. The van der Waals surface area contributed by atoms with E-state index in [-0.39, 0.29) is 5.91 Å². The number of anilines is 1. The molecule has 2 rings (SSSR count). The van der Waals surface area contributed by atoms with E-state index in [0.29, 0.717) is 24.5 Å². The summed E-state index contributed by atoms with van der Waals surface area (Å²) in [4.78, 5) is 15.1. The topological polar surface area (TPSA) is 77.8 Å². The van der Waals surface area contributed by atoms with Gasteiger partial charge in [-0.15, -0.1) is 0 Å².